The molecule has 0 aliphatic rings. The number of aromatic nitrogens is 2. The molecule has 2 atom stereocenters. The summed E-state index contributed by atoms with van der Waals surface area (Å²) in [5, 5.41) is 17.6. The number of nitrogens with one attached hydrogen (secondary N) is 6. The number of amides is 4. The quantitative estimate of drug-likeness (QED) is 0.0453. The number of hydrogen-bond acceptors (Lipinski definition) is 12. The van der Waals surface area contributed by atoms with Crippen molar-refractivity contribution in [3.63, 3.8) is 0 Å². The summed E-state index contributed by atoms with van der Waals surface area (Å²) >= 11 is 24.8. The molecule has 2 unspecified atom stereocenters. The number of fused-ring (bicyclic) bond motifs is 2. The SMILES string of the molecule is CC(=O)NS(=O)(=O)NCCC(NC(=O)c1cc2c(Cl)c(Cl)ccc2n1C)c1cccc(C(=O)O)c1.CCOC(=O)c1cccc(C(CCNS(=O)(=O)NC(C)=O)NC(=O)c2cc3c(Cl)c(Cl)ccc3n2C)c1.[Li+].[OH-]. The third kappa shape index (κ3) is 16.4. The van der Waals surface area contributed by atoms with Crippen molar-refractivity contribution in [3.8, 4) is 0 Å². The molecule has 4 aromatic carbocycles. The first kappa shape index (κ1) is 62.6. The summed E-state index contributed by atoms with van der Waals surface area (Å²) in [6.45, 7) is 3.75. The first-order valence-corrected chi connectivity index (χ1v) is 26.0. The van der Waals surface area contributed by atoms with Crippen molar-refractivity contribution in [2.24, 2.45) is 14.1 Å². The van der Waals surface area contributed by atoms with Gasteiger partial charge >= 0.3 is 51.2 Å². The van der Waals surface area contributed by atoms with Gasteiger partial charge in [0.05, 0.1) is 49.9 Å². The molecule has 0 radical (unpaired) electrons. The zero-order valence-electron chi connectivity index (χ0n) is 40.4. The van der Waals surface area contributed by atoms with E-state index in [1.54, 1.807) is 102 Å². The second kappa shape index (κ2) is 27.2. The third-order valence-electron chi connectivity index (χ3n) is 10.6. The molecule has 2 aromatic heterocycles. The summed E-state index contributed by atoms with van der Waals surface area (Å²) in [4.78, 5) is 72.4. The molecule has 0 aliphatic carbocycles. The summed E-state index contributed by atoms with van der Waals surface area (Å²) in [6, 6.07) is 20.9. The van der Waals surface area contributed by atoms with Crippen molar-refractivity contribution in [2.45, 2.75) is 45.7 Å². The van der Waals surface area contributed by atoms with Crippen LogP contribution in [0.1, 0.15) is 98.5 Å². The smallest absolute Gasteiger partial charge is 0.870 e. The summed E-state index contributed by atoms with van der Waals surface area (Å²) in [5.74, 6) is -4.13. The maximum atomic E-state index is 13.3. The van der Waals surface area contributed by atoms with Gasteiger partial charge in [0, 0.05) is 62.8 Å². The number of halogens is 4. The van der Waals surface area contributed by atoms with Crippen LogP contribution in [-0.2, 0) is 48.8 Å². The van der Waals surface area contributed by atoms with Crippen molar-refractivity contribution in [1.29, 1.82) is 0 Å². The van der Waals surface area contributed by atoms with E-state index in [1.165, 1.54) is 18.2 Å². The molecule has 8 N–H and O–H groups in total. The predicted molar refractivity (Wildman–Crippen MR) is 275 cm³/mol. The molecule has 28 heteroatoms. The Balaban J connectivity index is 0.000000381. The van der Waals surface area contributed by atoms with Crippen LogP contribution in [0.25, 0.3) is 21.8 Å². The molecule has 6 aromatic rings. The number of ether oxygens (including phenoxy) is 1. The Kier molecular flexibility index (Phi) is 23.0. The van der Waals surface area contributed by atoms with E-state index in [0.29, 0.717) is 58.7 Å². The zero-order chi connectivity index (χ0) is 53.2. The molecule has 0 saturated carbocycles. The van der Waals surface area contributed by atoms with Crippen molar-refractivity contribution in [2.75, 3.05) is 19.7 Å². The third-order valence-corrected chi connectivity index (χ3v) is 14.6. The van der Waals surface area contributed by atoms with E-state index < -0.39 is 68.1 Å². The van der Waals surface area contributed by atoms with Crippen LogP contribution in [0.4, 0.5) is 0 Å². The molecular weight excluding hydrogens is 1090 g/mol. The molecule has 0 saturated heterocycles. The normalized spacial score (nSPS) is 12.0. The fraction of sp³-hybridized carbons (Fsp3) is 0.261. The van der Waals surface area contributed by atoms with Gasteiger partial charge in [-0.1, -0.05) is 70.7 Å². The average molecular weight is 1130 g/mol. The largest absolute Gasteiger partial charge is 1.00 e. The van der Waals surface area contributed by atoms with Crippen LogP contribution in [0.3, 0.4) is 0 Å². The van der Waals surface area contributed by atoms with Crippen LogP contribution in [-0.4, -0.2) is 91.8 Å². The molecule has 392 valence electrons. The van der Waals surface area contributed by atoms with Gasteiger partial charge in [-0.3, -0.25) is 19.2 Å². The number of aromatic carboxylic acids is 1. The maximum absolute atomic E-state index is 13.3. The van der Waals surface area contributed by atoms with E-state index in [4.69, 9.17) is 51.1 Å². The van der Waals surface area contributed by atoms with Gasteiger partial charge in [0.2, 0.25) is 11.8 Å². The number of carboxylic acids is 1. The van der Waals surface area contributed by atoms with Gasteiger partial charge in [-0.2, -0.15) is 26.3 Å². The zero-order valence-corrected chi connectivity index (χ0v) is 45.0. The van der Waals surface area contributed by atoms with Crippen LogP contribution in [0, 0.1) is 0 Å². The van der Waals surface area contributed by atoms with Crippen LogP contribution < -0.4 is 48.4 Å². The molecule has 0 aliphatic heterocycles. The average Bonchev–Trinajstić information content (AvgIpc) is 3.83. The summed E-state index contributed by atoms with van der Waals surface area (Å²) in [7, 11) is -4.76. The number of esters is 1. The van der Waals surface area contributed by atoms with Gasteiger partial charge in [0.1, 0.15) is 11.4 Å². The van der Waals surface area contributed by atoms with Gasteiger partial charge in [0.15, 0.2) is 0 Å². The first-order chi connectivity index (χ1) is 33.8. The Morgan fingerprint density at radius 1 is 0.622 bits per heavy atom. The van der Waals surface area contributed by atoms with E-state index >= 15 is 0 Å². The molecule has 2 heterocycles. The number of benzene rings is 4. The van der Waals surface area contributed by atoms with Crippen LogP contribution >= 0.6 is 46.4 Å². The van der Waals surface area contributed by atoms with Gasteiger partial charge in [-0.15, -0.1) is 0 Å². The Hall–Kier alpha value is -5.68. The molecule has 0 spiro atoms. The summed E-state index contributed by atoms with van der Waals surface area (Å²) in [5.41, 5.74) is 3.23. The molecule has 6 rings (SSSR count). The van der Waals surface area contributed by atoms with Gasteiger partial charge < -0.3 is 35.1 Å². The number of carboxylic acid groups (broad SMARTS) is 1. The number of nitrogens with zero attached hydrogens (tertiary/aromatic N) is 2. The van der Waals surface area contributed by atoms with Crippen molar-refractivity contribution in [1.82, 2.24) is 38.7 Å². The molecule has 0 bridgehead atoms. The monoisotopic (exact) mass is 1130 g/mol. The topological polar surface area (TPSA) is 312 Å². The fourth-order valence-corrected chi connectivity index (χ4v) is 9.79. The standard InChI is InChI=1S/C24H26Cl2N4O6S.C22H22Cl2N4O6S.Li.H2O/c1-4-36-24(33)16-7-5-6-15(12-16)19(10-11-27-37(34,35)29-14(2)31)28-23(32)21-13-17-20(30(21)3)9-8-18(25)22(17)26;1-12(29)27-35(33,34)25-9-8-17(13-4-3-5-14(10-13)22(31)32)26-21(30)19-11-15-18(28(19)2)7-6-16(23)20(15)24;;/h5-9,12-13,19,27H,4,10-11H2,1-3H3,(H,28,32)(H,29,31);3-7,10-11,17,25H,8-9H2,1-2H3,(H,26,30)(H,27,29)(H,31,32);;1H2/q;;+1;/p-1. The van der Waals surface area contributed by atoms with E-state index in [-0.39, 0.29) is 73.7 Å². The van der Waals surface area contributed by atoms with Gasteiger partial charge in [0.25, 0.3) is 11.8 Å². The first-order valence-electron chi connectivity index (χ1n) is 21.5. The van der Waals surface area contributed by atoms with E-state index in [2.05, 4.69) is 20.1 Å². The van der Waals surface area contributed by atoms with Crippen molar-refractivity contribution in [3.05, 3.63) is 139 Å². The Bertz CT molecular complexity index is 3320. The summed E-state index contributed by atoms with van der Waals surface area (Å²) in [6.07, 6.45) is 0.164. The van der Waals surface area contributed by atoms with Crippen LogP contribution in [0.5, 0.6) is 0 Å². The number of rotatable bonds is 19. The molecule has 0 fully saturated rings. The number of carbonyl (C=O) groups is 6. The van der Waals surface area contributed by atoms with E-state index in [1.807, 2.05) is 4.72 Å². The number of aryl methyl sites for hydroxylation is 2. The van der Waals surface area contributed by atoms with Crippen molar-refractivity contribution < 1.29 is 79.8 Å². The van der Waals surface area contributed by atoms with Crippen LogP contribution in [0.2, 0.25) is 20.1 Å². The molecule has 4 amide bonds. The second-order valence-electron chi connectivity index (χ2n) is 15.8. The Morgan fingerprint density at radius 2 is 1.01 bits per heavy atom. The number of carbonyl (C=O) groups excluding carboxylic acids is 5. The fourth-order valence-electron chi connectivity index (χ4n) is 7.35. The maximum Gasteiger partial charge on any atom is 1.00 e. The molecular formula is C46H49Cl4LiN8O13S2. The van der Waals surface area contributed by atoms with E-state index in [9.17, 15) is 50.7 Å². The van der Waals surface area contributed by atoms with Crippen molar-refractivity contribution >= 4 is 124 Å². The van der Waals surface area contributed by atoms with Gasteiger partial charge in [-0.05, 0) is 91.6 Å². The van der Waals surface area contributed by atoms with Crippen LogP contribution in [0.15, 0.2) is 84.9 Å². The minimum absolute atomic E-state index is 0. The number of hydrogen-bond donors (Lipinski definition) is 7. The predicted octanol–water partition coefficient (Wildman–Crippen LogP) is 3.34. The minimum Gasteiger partial charge on any atom is -0.870 e. The minimum atomic E-state index is -4.08. The summed E-state index contributed by atoms with van der Waals surface area (Å²) < 4.78 is 64.3. The molecule has 21 nitrogen and oxygen atoms in total. The van der Waals surface area contributed by atoms with E-state index in [0.717, 1.165) is 13.8 Å². The molecule has 74 heavy (non-hydrogen) atoms. The second-order valence-corrected chi connectivity index (χ2v) is 20.4. The van der Waals surface area contributed by atoms with Gasteiger partial charge in [-0.25, -0.2) is 19.0 Å². The Morgan fingerprint density at radius 3 is 1.39 bits per heavy atom. The Labute approximate surface area is 457 Å².